The summed E-state index contributed by atoms with van der Waals surface area (Å²) in [7, 11) is 2.00. The van der Waals surface area contributed by atoms with Crippen molar-refractivity contribution in [1.82, 2.24) is 10.2 Å². The molecule has 1 saturated heterocycles. The van der Waals surface area contributed by atoms with Gasteiger partial charge in [0.2, 0.25) is 5.91 Å². The predicted octanol–water partition coefficient (Wildman–Crippen LogP) is 2.52. The molecule has 3 rings (SSSR count). The van der Waals surface area contributed by atoms with Gasteiger partial charge in [-0.05, 0) is 56.3 Å². The number of piperidine rings is 1. The standard InChI is InChI=1S/C17H24N2O/c1-19(17(20)14-9-11-18-12-10-14)16-8-4-6-13-5-2-3-7-15(13)16/h2-3,5,7,14,16,18H,4,6,8-12H2,1H3. The second-order valence-corrected chi connectivity index (χ2v) is 6.08. The van der Waals surface area contributed by atoms with Crippen molar-refractivity contribution in [3.8, 4) is 0 Å². The van der Waals surface area contributed by atoms with Crippen LogP contribution in [0.2, 0.25) is 0 Å². The molecule has 0 saturated carbocycles. The van der Waals surface area contributed by atoms with Gasteiger partial charge in [0.25, 0.3) is 0 Å². The first-order valence-corrected chi connectivity index (χ1v) is 7.82. The smallest absolute Gasteiger partial charge is 0.226 e. The number of fused-ring (bicyclic) bond motifs is 1. The van der Waals surface area contributed by atoms with Gasteiger partial charge >= 0.3 is 0 Å². The summed E-state index contributed by atoms with van der Waals surface area (Å²) in [5.74, 6) is 0.559. The Bertz CT molecular complexity index is 480. The molecule has 1 aromatic rings. The molecule has 2 aliphatic rings. The second-order valence-electron chi connectivity index (χ2n) is 6.08. The molecule has 0 aromatic heterocycles. The van der Waals surface area contributed by atoms with Gasteiger partial charge in [-0.2, -0.15) is 0 Å². The summed E-state index contributed by atoms with van der Waals surface area (Å²) in [5, 5.41) is 3.33. The maximum absolute atomic E-state index is 12.7. The van der Waals surface area contributed by atoms with Gasteiger partial charge in [-0.3, -0.25) is 4.79 Å². The number of carbonyl (C=O) groups excluding carboxylic acids is 1. The average molecular weight is 272 g/mol. The summed E-state index contributed by atoms with van der Waals surface area (Å²) < 4.78 is 0. The molecule has 1 fully saturated rings. The van der Waals surface area contributed by atoms with E-state index in [1.165, 1.54) is 17.5 Å². The van der Waals surface area contributed by atoms with Crippen LogP contribution in [0.4, 0.5) is 0 Å². The van der Waals surface area contributed by atoms with E-state index in [4.69, 9.17) is 0 Å². The van der Waals surface area contributed by atoms with Crippen molar-refractivity contribution in [2.75, 3.05) is 20.1 Å². The van der Waals surface area contributed by atoms with E-state index in [1.807, 2.05) is 11.9 Å². The SMILES string of the molecule is CN(C(=O)C1CCNCC1)C1CCCc2ccccc21. The van der Waals surface area contributed by atoms with Gasteiger partial charge in [0.05, 0.1) is 6.04 Å². The first-order chi connectivity index (χ1) is 9.77. The minimum Gasteiger partial charge on any atom is -0.338 e. The van der Waals surface area contributed by atoms with Crippen LogP contribution in [-0.4, -0.2) is 30.9 Å². The molecular formula is C17H24N2O. The minimum absolute atomic E-state index is 0.218. The number of benzene rings is 1. The molecule has 0 bridgehead atoms. The van der Waals surface area contributed by atoms with Crippen LogP contribution in [0.3, 0.4) is 0 Å². The fourth-order valence-electron chi connectivity index (χ4n) is 3.64. The Kier molecular flexibility index (Phi) is 4.06. The number of nitrogens with one attached hydrogen (secondary N) is 1. The zero-order valence-corrected chi connectivity index (χ0v) is 12.3. The fourth-order valence-corrected chi connectivity index (χ4v) is 3.64. The Morgan fingerprint density at radius 3 is 2.75 bits per heavy atom. The molecule has 0 radical (unpaired) electrons. The first-order valence-electron chi connectivity index (χ1n) is 7.82. The number of rotatable bonds is 2. The van der Waals surface area contributed by atoms with Crippen LogP contribution in [0, 0.1) is 5.92 Å². The van der Waals surface area contributed by atoms with Crippen LogP contribution >= 0.6 is 0 Å². The van der Waals surface area contributed by atoms with Gasteiger partial charge in [0, 0.05) is 13.0 Å². The van der Waals surface area contributed by atoms with Gasteiger partial charge < -0.3 is 10.2 Å². The molecule has 20 heavy (non-hydrogen) atoms. The zero-order valence-electron chi connectivity index (χ0n) is 12.3. The fraction of sp³-hybridized carbons (Fsp3) is 0.588. The van der Waals surface area contributed by atoms with Crippen molar-refractivity contribution in [2.45, 2.75) is 38.1 Å². The lowest BCUT2D eigenvalue weighted by Gasteiger charge is -2.36. The van der Waals surface area contributed by atoms with E-state index >= 15 is 0 Å². The third-order valence-electron chi connectivity index (χ3n) is 4.84. The maximum atomic E-state index is 12.7. The van der Waals surface area contributed by atoms with E-state index in [0.29, 0.717) is 5.91 Å². The van der Waals surface area contributed by atoms with Gasteiger partial charge in [-0.25, -0.2) is 0 Å². The monoisotopic (exact) mass is 272 g/mol. The first kappa shape index (κ1) is 13.6. The highest BCUT2D eigenvalue weighted by atomic mass is 16.2. The molecule has 1 aliphatic carbocycles. The Balaban J connectivity index is 1.77. The van der Waals surface area contributed by atoms with Crippen molar-refractivity contribution in [1.29, 1.82) is 0 Å². The lowest BCUT2D eigenvalue weighted by atomic mass is 9.86. The highest BCUT2D eigenvalue weighted by molar-refractivity contribution is 5.79. The Morgan fingerprint density at radius 2 is 1.95 bits per heavy atom. The van der Waals surface area contributed by atoms with Crippen LogP contribution in [0.1, 0.15) is 42.9 Å². The van der Waals surface area contributed by atoms with E-state index in [0.717, 1.165) is 38.8 Å². The molecule has 1 atom stereocenters. The lowest BCUT2D eigenvalue weighted by Crippen LogP contribution is -2.41. The molecule has 0 spiro atoms. The van der Waals surface area contributed by atoms with Gasteiger partial charge in [-0.15, -0.1) is 0 Å². The van der Waals surface area contributed by atoms with Crippen molar-refractivity contribution < 1.29 is 4.79 Å². The van der Waals surface area contributed by atoms with Gasteiger partial charge in [0.15, 0.2) is 0 Å². The number of nitrogens with zero attached hydrogens (tertiary/aromatic N) is 1. The molecule has 1 unspecified atom stereocenters. The van der Waals surface area contributed by atoms with Crippen molar-refractivity contribution >= 4 is 5.91 Å². The highest BCUT2D eigenvalue weighted by Gasteiger charge is 2.30. The zero-order chi connectivity index (χ0) is 13.9. The number of amides is 1. The third kappa shape index (κ3) is 2.59. The van der Waals surface area contributed by atoms with Crippen LogP contribution in [0.5, 0.6) is 0 Å². The van der Waals surface area contributed by atoms with Crippen LogP contribution in [0.25, 0.3) is 0 Å². The van der Waals surface area contributed by atoms with Crippen LogP contribution in [-0.2, 0) is 11.2 Å². The summed E-state index contributed by atoms with van der Waals surface area (Å²) >= 11 is 0. The normalized spacial score (nSPS) is 23.1. The van der Waals surface area contributed by atoms with E-state index < -0.39 is 0 Å². The van der Waals surface area contributed by atoms with Crippen molar-refractivity contribution in [3.63, 3.8) is 0 Å². The molecule has 108 valence electrons. The number of carbonyl (C=O) groups is 1. The number of hydrogen-bond donors (Lipinski definition) is 1. The summed E-state index contributed by atoms with van der Waals surface area (Å²) in [6, 6.07) is 8.90. The van der Waals surface area contributed by atoms with Gasteiger partial charge in [-0.1, -0.05) is 24.3 Å². The number of hydrogen-bond acceptors (Lipinski definition) is 2. The summed E-state index contributed by atoms with van der Waals surface area (Å²) in [4.78, 5) is 14.7. The summed E-state index contributed by atoms with van der Waals surface area (Å²) in [6.45, 7) is 1.96. The topological polar surface area (TPSA) is 32.3 Å². The Labute approximate surface area is 121 Å². The lowest BCUT2D eigenvalue weighted by molar-refractivity contribution is -0.137. The minimum atomic E-state index is 0.218. The number of aryl methyl sites for hydroxylation is 1. The maximum Gasteiger partial charge on any atom is 0.226 e. The van der Waals surface area contributed by atoms with Crippen LogP contribution in [0.15, 0.2) is 24.3 Å². The molecule has 1 aromatic carbocycles. The molecule has 1 amide bonds. The molecule has 1 N–H and O–H groups in total. The van der Waals surface area contributed by atoms with Gasteiger partial charge in [0.1, 0.15) is 0 Å². The molecule has 1 heterocycles. The van der Waals surface area contributed by atoms with E-state index in [-0.39, 0.29) is 12.0 Å². The predicted molar refractivity (Wildman–Crippen MR) is 80.5 cm³/mol. The van der Waals surface area contributed by atoms with E-state index in [1.54, 1.807) is 0 Å². The van der Waals surface area contributed by atoms with Crippen molar-refractivity contribution in [3.05, 3.63) is 35.4 Å². The Hall–Kier alpha value is -1.35. The highest BCUT2D eigenvalue weighted by Crippen LogP contribution is 2.34. The van der Waals surface area contributed by atoms with E-state index in [9.17, 15) is 4.79 Å². The largest absolute Gasteiger partial charge is 0.338 e. The third-order valence-corrected chi connectivity index (χ3v) is 4.84. The summed E-state index contributed by atoms with van der Waals surface area (Å²) in [6.07, 6.45) is 5.41. The average Bonchev–Trinajstić information content (AvgIpc) is 2.54. The molecule has 3 heteroatoms. The summed E-state index contributed by atoms with van der Waals surface area (Å²) in [5.41, 5.74) is 2.79. The molecule has 3 nitrogen and oxygen atoms in total. The molecular weight excluding hydrogens is 248 g/mol. The second kappa shape index (κ2) is 5.96. The van der Waals surface area contributed by atoms with Crippen LogP contribution < -0.4 is 5.32 Å². The van der Waals surface area contributed by atoms with E-state index in [2.05, 4.69) is 29.6 Å². The quantitative estimate of drug-likeness (QED) is 0.897. The van der Waals surface area contributed by atoms with Crippen molar-refractivity contribution in [2.24, 2.45) is 5.92 Å². The molecule has 1 aliphatic heterocycles. The Morgan fingerprint density at radius 1 is 1.20 bits per heavy atom.